The van der Waals surface area contributed by atoms with Gasteiger partial charge in [-0.3, -0.25) is 0 Å². The van der Waals surface area contributed by atoms with Crippen LogP contribution in [0.3, 0.4) is 0 Å². The Kier molecular flexibility index (Phi) is 11.8. The highest BCUT2D eigenvalue weighted by atomic mass is 16.5. The summed E-state index contributed by atoms with van der Waals surface area (Å²) in [5.74, 6) is -0.924. The van der Waals surface area contributed by atoms with Crippen molar-refractivity contribution >= 4 is 5.97 Å². The van der Waals surface area contributed by atoms with Crippen LogP contribution in [0, 0.1) is 0 Å². The lowest BCUT2D eigenvalue weighted by atomic mass is 10.1. The highest BCUT2D eigenvalue weighted by Gasteiger charge is 2.08. The van der Waals surface area contributed by atoms with Gasteiger partial charge in [-0.25, -0.2) is 4.79 Å². The molecule has 0 aliphatic carbocycles. The molecule has 0 amide bonds. The number of hydrogen-bond acceptors (Lipinski definition) is 2. The molecule has 1 atom stereocenters. The van der Waals surface area contributed by atoms with Crippen LogP contribution in [0.5, 0.6) is 0 Å². The summed E-state index contributed by atoms with van der Waals surface area (Å²) in [5.41, 5.74) is 0. The molecule has 0 aromatic rings. The van der Waals surface area contributed by atoms with Crippen molar-refractivity contribution < 1.29 is 14.6 Å². The normalized spacial score (nSPS) is 12.8. The lowest BCUT2D eigenvalue weighted by Crippen LogP contribution is -2.16. The summed E-state index contributed by atoms with van der Waals surface area (Å²) >= 11 is 0. The summed E-state index contributed by atoms with van der Waals surface area (Å²) in [6, 6.07) is 0. The number of carboxylic acids is 1. The van der Waals surface area contributed by atoms with E-state index in [9.17, 15) is 4.79 Å². The van der Waals surface area contributed by atoms with Gasteiger partial charge in [0.1, 0.15) is 0 Å². The van der Waals surface area contributed by atoms with Crippen LogP contribution in [0.2, 0.25) is 0 Å². The first-order valence-corrected chi connectivity index (χ1v) is 7.21. The zero-order chi connectivity index (χ0) is 13.6. The number of hydrogen-bond donors (Lipinski definition) is 1. The first-order valence-electron chi connectivity index (χ1n) is 7.21. The fraction of sp³-hybridized carbons (Fsp3) is 0.800. The SMILES string of the molecule is CCCCCCCCCCC=COC(C)C(=O)O. The molecule has 0 aliphatic rings. The molecule has 1 unspecified atom stereocenters. The number of unbranched alkanes of at least 4 members (excludes halogenated alkanes) is 8. The van der Waals surface area contributed by atoms with E-state index in [1.54, 1.807) is 0 Å². The monoisotopic (exact) mass is 256 g/mol. The van der Waals surface area contributed by atoms with Gasteiger partial charge in [0.05, 0.1) is 6.26 Å². The summed E-state index contributed by atoms with van der Waals surface area (Å²) in [4.78, 5) is 10.5. The standard InChI is InChI=1S/C15H28O3/c1-3-4-5-6-7-8-9-10-11-12-13-18-14(2)15(16)17/h12-14H,3-11H2,1-2H3,(H,16,17). The fourth-order valence-electron chi connectivity index (χ4n) is 1.70. The second-order valence-electron chi connectivity index (χ2n) is 4.75. The maximum absolute atomic E-state index is 10.5. The highest BCUT2D eigenvalue weighted by Crippen LogP contribution is 2.09. The summed E-state index contributed by atoms with van der Waals surface area (Å²) in [6.45, 7) is 3.77. The lowest BCUT2D eigenvalue weighted by molar-refractivity contribution is -0.145. The molecule has 0 saturated carbocycles. The van der Waals surface area contributed by atoms with Gasteiger partial charge in [-0.2, -0.15) is 0 Å². The van der Waals surface area contributed by atoms with E-state index in [1.807, 2.05) is 6.08 Å². The van der Waals surface area contributed by atoms with E-state index in [2.05, 4.69) is 6.92 Å². The zero-order valence-electron chi connectivity index (χ0n) is 11.9. The van der Waals surface area contributed by atoms with Gasteiger partial charge < -0.3 is 9.84 Å². The molecule has 0 fully saturated rings. The number of rotatable bonds is 12. The smallest absolute Gasteiger partial charge is 0.344 e. The predicted octanol–water partition coefficient (Wildman–Crippen LogP) is 4.52. The van der Waals surface area contributed by atoms with E-state index in [1.165, 1.54) is 58.1 Å². The molecule has 0 aliphatic heterocycles. The van der Waals surface area contributed by atoms with Crippen LogP contribution in [-0.4, -0.2) is 17.2 Å². The largest absolute Gasteiger partial charge is 0.487 e. The third-order valence-corrected chi connectivity index (χ3v) is 2.95. The van der Waals surface area contributed by atoms with Gasteiger partial charge in [-0.1, -0.05) is 51.9 Å². The average molecular weight is 256 g/mol. The molecule has 0 radical (unpaired) electrons. The van der Waals surface area contributed by atoms with Crippen LogP contribution < -0.4 is 0 Å². The third kappa shape index (κ3) is 11.5. The Morgan fingerprint density at radius 2 is 1.67 bits per heavy atom. The van der Waals surface area contributed by atoms with E-state index in [-0.39, 0.29) is 0 Å². The molecule has 0 rings (SSSR count). The minimum absolute atomic E-state index is 0.750. The van der Waals surface area contributed by atoms with Gasteiger partial charge in [-0.15, -0.1) is 0 Å². The van der Waals surface area contributed by atoms with Gasteiger partial charge in [0.15, 0.2) is 6.10 Å². The average Bonchev–Trinajstić information content (AvgIpc) is 2.35. The van der Waals surface area contributed by atoms with Crippen molar-refractivity contribution in [3.63, 3.8) is 0 Å². The highest BCUT2D eigenvalue weighted by molar-refractivity contribution is 5.71. The second-order valence-corrected chi connectivity index (χ2v) is 4.75. The van der Waals surface area contributed by atoms with E-state index < -0.39 is 12.1 Å². The summed E-state index contributed by atoms with van der Waals surface area (Å²) in [5, 5.41) is 8.58. The van der Waals surface area contributed by atoms with Crippen LogP contribution in [0.25, 0.3) is 0 Å². The summed E-state index contributed by atoms with van der Waals surface area (Å²) < 4.78 is 5.00. The van der Waals surface area contributed by atoms with Crippen LogP contribution >= 0.6 is 0 Å². The molecule has 1 N–H and O–H groups in total. The quantitative estimate of drug-likeness (QED) is 0.412. The van der Waals surface area contributed by atoms with E-state index >= 15 is 0 Å². The molecule has 0 bridgehead atoms. The number of ether oxygens (including phenoxy) is 1. The molecule has 0 aromatic heterocycles. The molecule has 0 aromatic carbocycles. The van der Waals surface area contributed by atoms with Crippen molar-refractivity contribution in [1.29, 1.82) is 0 Å². The minimum Gasteiger partial charge on any atom is -0.487 e. The first-order chi connectivity index (χ1) is 8.68. The lowest BCUT2D eigenvalue weighted by Gasteiger charge is -2.04. The first kappa shape index (κ1) is 17.0. The minimum atomic E-state index is -0.924. The Morgan fingerprint density at radius 1 is 1.11 bits per heavy atom. The molecule has 3 heteroatoms. The Morgan fingerprint density at radius 3 is 2.22 bits per heavy atom. The number of carbonyl (C=O) groups is 1. The molecule has 18 heavy (non-hydrogen) atoms. The number of carboxylic acid groups (broad SMARTS) is 1. The Balaban J connectivity index is 3.20. The van der Waals surface area contributed by atoms with Crippen molar-refractivity contribution in [3.8, 4) is 0 Å². The Hall–Kier alpha value is -0.990. The van der Waals surface area contributed by atoms with Gasteiger partial charge >= 0.3 is 5.97 Å². The molecule has 0 spiro atoms. The fourth-order valence-corrected chi connectivity index (χ4v) is 1.70. The van der Waals surface area contributed by atoms with Crippen LogP contribution in [0.4, 0.5) is 0 Å². The van der Waals surface area contributed by atoms with Gasteiger partial charge in [0, 0.05) is 0 Å². The van der Waals surface area contributed by atoms with Crippen molar-refractivity contribution in [1.82, 2.24) is 0 Å². The van der Waals surface area contributed by atoms with Gasteiger partial charge in [0.25, 0.3) is 0 Å². The van der Waals surface area contributed by atoms with Crippen molar-refractivity contribution in [2.75, 3.05) is 0 Å². The van der Waals surface area contributed by atoms with Crippen molar-refractivity contribution in [3.05, 3.63) is 12.3 Å². The Bertz CT molecular complexity index is 224. The van der Waals surface area contributed by atoms with Gasteiger partial charge in [0.2, 0.25) is 0 Å². The maximum atomic E-state index is 10.5. The number of aliphatic carboxylic acids is 1. The Labute approximate surface area is 111 Å². The van der Waals surface area contributed by atoms with Crippen LogP contribution in [-0.2, 0) is 9.53 Å². The molecular formula is C15H28O3. The van der Waals surface area contributed by atoms with E-state index in [0.717, 1.165) is 12.8 Å². The maximum Gasteiger partial charge on any atom is 0.344 e. The molecule has 0 heterocycles. The van der Waals surface area contributed by atoms with Crippen LogP contribution in [0.1, 0.15) is 71.6 Å². The van der Waals surface area contributed by atoms with Crippen LogP contribution in [0.15, 0.2) is 12.3 Å². The molecule has 3 nitrogen and oxygen atoms in total. The number of allylic oxidation sites excluding steroid dienone is 1. The summed E-state index contributed by atoms with van der Waals surface area (Å²) in [6.07, 6.45) is 14.1. The molecule has 106 valence electrons. The zero-order valence-corrected chi connectivity index (χ0v) is 11.9. The van der Waals surface area contributed by atoms with E-state index in [4.69, 9.17) is 9.84 Å². The topological polar surface area (TPSA) is 46.5 Å². The molecular weight excluding hydrogens is 228 g/mol. The van der Waals surface area contributed by atoms with Crippen molar-refractivity contribution in [2.24, 2.45) is 0 Å². The molecule has 0 saturated heterocycles. The summed E-state index contributed by atoms with van der Waals surface area (Å²) in [7, 11) is 0. The van der Waals surface area contributed by atoms with Crippen molar-refractivity contribution in [2.45, 2.75) is 77.7 Å². The van der Waals surface area contributed by atoms with E-state index in [0.29, 0.717) is 0 Å². The second kappa shape index (κ2) is 12.5. The van der Waals surface area contributed by atoms with Gasteiger partial charge in [-0.05, 0) is 25.8 Å². The third-order valence-electron chi connectivity index (χ3n) is 2.95. The predicted molar refractivity (Wildman–Crippen MR) is 74.5 cm³/mol.